The Balaban J connectivity index is 2.51. The molecule has 0 bridgehead atoms. The second-order valence-electron chi connectivity index (χ2n) is 4.47. The number of hydrogen-bond acceptors (Lipinski definition) is 3. The van der Waals surface area contributed by atoms with Gasteiger partial charge in [-0.15, -0.1) is 0 Å². The van der Waals surface area contributed by atoms with Gasteiger partial charge in [-0.3, -0.25) is 0 Å². The number of unbranched alkanes of at least 4 members (excludes halogenated alkanes) is 1. The quantitative estimate of drug-likeness (QED) is 0.609. The van der Waals surface area contributed by atoms with E-state index in [1.807, 2.05) is 12.1 Å². The van der Waals surface area contributed by atoms with E-state index < -0.39 is 24.6 Å². The van der Waals surface area contributed by atoms with Gasteiger partial charge in [0.1, 0.15) is 0 Å². The molecule has 0 saturated heterocycles. The number of amides is 2. The van der Waals surface area contributed by atoms with Gasteiger partial charge in [-0.05, 0) is 30.5 Å². The monoisotopic (exact) mass is 280 g/mol. The lowest BCUT2D eigenvalue weighted by molar-refractivity contribution is -0.140. The molecule has 0 aliphatic carbocycles. The van der Waals surface area contributed by atoms with Crippen LogP contribution in [0.3, 0.4) is 0 Å². The normalized spacial score (nSPS) is 11.7. The van der Waals surface area contributed by atoms with Crippen molar-refractivity contribution in [2.24, 2.45) is 0 Å². The zero-order valence-electron chi connectivity index (χ0n) is 11.4. The Bertz CT molecular complexity index is 445. The largest absolute Gasteiger partial charge is 0.480 e. The molecule has 6 heteroatoms. The highest BCUT2D eigenvalue weighted by atomic mass is 16.4. The Morgan fingerprint density at radius 1 is 1.25 bits per heavy atom. The molecule has 6 nitrogen and oxygen atoms in total. The smallest absolute Gasteiger partial charge is 0.328 e. The van der Waals surface area contributed by atoms with Gasteiger partial charge in [0.15, 0.2) is 6.04 Å². The molecule has 1 aromatic rings. The molecule has 110 valence electrons. The summed E-state index contributed by atoms with van der Waals surface area (Å²) in [4.78, 5) is 22.2. The van der Waals surface area contributed by atoms with Crippen molar-refractivity contribution in [3.63, 3.8) is 0 Å². The fourth-order valence-corrected chi connectivity index (χ4v) is 1.65. The topological polar surface area (TPSA) is 98.7 Å². The van der Waals surface area contributed by atoms with E-state index in [1.54, 1.807) is 12.1 Å². The summed E-state index contributed by atoms with van der Waals surface area (Å²) in [5.41, 5.74) is 1.77. The van der Waals surface area contributed by atoms with Crippen LogP contribution in [0.2, 0.25) is 0 Å². The number of benzene rings is 1. The molecule has 0 aliphatic rings. The van der Waals surface area contributed by atoms with Crippen LogP contribution < -0.4 is 10.6 Å². The van der Waals surface area contributed by atoms with Gasteiger partial charge in [0, 0.05) is 5.69 Å². The minimum Gasteiger partial charge on any atom is -0.480 e. The van der Waals surface area contributed by atoms with Gasteiger partial charge in [-0.2, -0.15) is 0 Å². The van der Waals surface area contributed by atoms with Gasteiger partial charge in [0.05, 0.1) is 6.61 Å². The van der Waals surface area contributed by atoms with E-state index in [1.165, 1.54) is 5.56 Å². The van der Waals surface area contributed by atoms with Crippen LogP contribution in [0, 0.1) is 0 Å². The van der Waals surface area contributed by atoms with Crippen molar-refractivity contribution in [1.29, 1.82) is 0 Å². The number of carboxylic acid groups (broad SMARTS) is 1. The van der Waals surface area contributed by atoms with Crippen LogP contribution >= 0.6 is 0 Å². The second kappa shape index (κ2) is 8.16. The SMILES string of the molecule is CCCCc1ccc(NC(=O)N[C@@H](CO)C(=O)O)cc1. The average molecular weight is 280 g/mol. The molecular weight excluding hydrogens is 260 g/mol. The molecule has 0 aliphatic heterocycles. The third-order valence-corrected chi connectivity index (χ3v) is 2.82. The van der Waals surface area contributed by atoms with E-state index in [9.17, 15) is 9.59 Å². The summed E-state index contributed by atoms with van der Waals surface area (Å²) >= 11 is 0. The summed E-state index contributed by atoms with van der Waals surface area (Å²) in [6.07, 6.45) is 3.23. The zero-order chi connectivity index (χ0) is 15.0. The number of carboxylic acids is 1. The molecule has 0 heterocycles. The molecule has 0 fully saturated rings. The van der Waals surface area contributed by atoms with Gasteiger partial charge in [0.25, 0.3) is 0 Å². The Labute approximate surface area is 117 Å². The maximum atomic E-state index is 11.5. The van der Waals surface area contributed by atoms with E-state index in [0.29, 0.717) is 5.69 Å². The van der Waals surface area contributed by atoms with Crippen LogP contribution in [-0.4, -0.2) is 34.9 Å². The molecular formula is C14H20N2O4. The first-order chi connectivity index (χ1) is 9.56. The van der Waals surface area contributed by atoms with E-state index in [4.69, 9.17) is 10.2 Å². The predicted octanol–water partition coefficient (Wildman–Crippen LogP) is 1.60. The minimum absolute atomic E-state index is 0.574. The van der Waals surface area contributed by atoms with Gasteiger partial charge in [0.2, 0.25) is 0 Å². The van der Waals surface area contributed by atoms with Crippen LogP contribution in [0.15, 0.2) is 24.3 Å². The summed E-state index contributed by atoms with van der Waals surface area (Å²) in [6, 6.07) is 5.41. The Kier molecular flexibility index (Phi) is 6.52. The zero-order valence-corrected chi connectivity index (χ0v) is 11.4. The standard InChI is InChI=1S/C14H20N2O4/c1-2-3-4-10-5-7-11(8-6-10)15-14(20)16-12(9-17)13(18)19/h5-8,12,17H,2-4,9H2,1H3,(H,18,19)(H2,15,16,20)/t12-/m0/s1. The number of carbonyl (C=O) groups is 2. The third-order valence-electron chi connectivity index (χ3n) is 2.82. The molecule has 0 spiro atoms. The van der Waals surface area contributed by atoms with Crippen molar-refractivity contribution in [2.45, 2.75) is 32.2 Å². The van der Waals surface area contributed by atoms with E-state index in [-0.39, 0.29) is 0 Å². The van der Waals surface area contributed by atoms with Crippen molar-refractivity contribution in [3.05, 3.63) is 29.8 Å². The number of aryl methyl sites for hydroxylation is 1. The van der Waals surface area contributed by atoms with Crippen molar-refractivity contribution >= 4 is 17.7 Å². The van der Waals surface area contributed by atoms with E-state index in [2.05, 4.69) is 17.6 Å². The number of hydrogen-bond donors (Lipinski definition) is 4. The van der Waals surface area contributed by atoms with E-state index >= 15 is 0 Å². The van der Waals surface area contributed by atoms with Crippen LogP contribution in [0.1, 0.15) is 25.3 Å². The molecule has 1 atom stereocenters. The van der Waals surface area contributed by atoms with Crippen LogP contribution in [0.5, 0.6) is 0 Å². The van der Waals surface area contributed by atoms with Crippen LogP contribution in [-0.2, 0) is 11.2 Å². The number of rotatable bonds is 7. The molecule has 0 radical (unpaired) electrons. The van der Waals surface area contributed by atoms with Crippen LogP contribution in [0.25, 0.3) is 0 Å². The van der Waals surface area contributed by atoms with E-state index in [0.717, 1.165) is 19.3 Å². The number of anilines is 1. The number of aliphatic carboxylic acids is 1. The summed E-state index contributed by atoms with van der Waals surface area (Å²) in [6.45, 7) is 1.47. The second-order valence-corrected chi connectivity index (χ2v) is 4.47. The van der Waals surface area contributed by atoms with Gasteiger partial charge in [-0.1, -0.05) is 25.5 Å². The molecule has 20 heavy (non-hydrogen) atoms. The first-order valence-electron chi connectivity index (χ1n) is 6.57. The number of carbonyl (C=O) groups excluding carboxylic acids is 1. The lowest BCUT2D eigenvalue weighted by Crippen LogP contribution is -2.45. The summed E-state index contributed by atoms with van der Waals surface area (Å²) in [5.74, 6) is -1.28. The fourth-order valence-electron chi connectivity index (χ4n) is 1.65. The molecule has 1 rings (SSSR count). The van der Waals surface area contributed by atoms with Gasteiger partial charge < -0.3 is 20.8 Å². The number of urea groups is 1. The molecule has 0 saturated carbocycles. The third kappa shape index (κ3) is 5.27. The Hall–Kier alpha value is -2.08. The highest BCUT2D eigenvalue weighted by Crippen LogP contribution is 2.11. The highest BCUT2D eigenvalue weighted by molar-refractivity contribution is 5.92. The molecule has 0 unspecified atom stereocenters. The molecule has 2 amide bonds. The maximum absolute atomic E-state index is 11.5. The lowest BCUT2D eigenvalue weighted by Gasteiger charge is -2.12. The molecule has 1 aromatic carbocycles. The highest BCUT2D eigenvalue weighted by Gasteiger charge is 2.18. The molecule has 0 aromatic heterocycles. The van der Waals surface area contributed by atoms with Crippen molar-refractivity contribution in [1.82, 2.24) is 5.32 Å². The predicted molar refractivity (Wildman–Crippen MR) is 75.7 cm³/mol. The van der Waals surface area contributed by atoms with Gasteiger partial charge in [-0.25, -0.2) is 9.59 Å². The minimum atomic E-state index is -1.31. The average Bonchev–Trinajstić information content (AvgIpc) is 2.43. The lowest BCUT2D eigenvalue weighted by atomic mass is 10.1. The molecule has 4 N–H and O–H groups in total. The number of aliphatic hydroxyl groups is 1. The number of nitrogens with one attached hydrogen (secondary N) is 2. The maximum Gasteiger partial charge on any atom is 0.328 e. The van der Waals surface area contributed by atoms with Gasteiger partial charge >= 0.3 is 12.0 Å². The van der Waals surface area contributed by atoms with Crippen molar-refractivity contribution in [3.8, 4) is 0 Å². The summed E-state index contributed by atoms with van der Waals surface area (Å²) < 4.78 is 0. The summed E-state index contributed by atoms with van der Waals surface area (Å²) in [5, 5.41) is 22.2. The fraction of sp³-hybridized carbons (Fsp3) is 0.429. The van der Waals surface area contributed by atoms with Crippen molar-refractivity contribution in [2.75, 3.05) is 11.9 Å². The number of aliphatic hydroxyl groups excluding tert-OH is 1. The Morgan fingerprint density at radius 2 is 1.90 bits per heavy atom. The first kappa shape index (κ1) is 16.0. The summed E-state index contributed by atoms with van der Waals surface area (Å²) in [7, 11) is 0. The van der Waals surface area contributed by atoms with Crippen molar-refractivity contribution < 1.29 is 19.8 Å². The van der Waals surface area contributed by atoms with Crippen LogP contribution in [0.4, 0.5) is 10.5 Å². The first-order valence-corrected chi connectivity index (χ1v) is 6.57. The Morgan fingerprint density at radius 3 is 2.40 bits per heavy atom.